The predicted molar refractivity (Wildman–Crippen MR) is 91.7 cm³/mol. The minimum atomic E-state index is -0.531. The van der Waals surface area contributed by atoms with Gasteiger partial charge in [-0.25, -0.2) is 5.43 Å². The van der Waals surface area contributed by atoms with E-state index < -0.39 is 5.91 Å². The van der Waals surface area contributed by atoms with E-state index in [1.54, 1.807) is 0 Å². The van der Waals surface area contributed by atoms with Gasteiger partial charge in [0.05, 0.1) is 6.21 Å². The zero-order valence-electron chi connectivity index (χ0n) is 13.1. The lowest BCUT2D eigenvalue weighted by molar-refractivity contribution is -0.117. The Labute approximate surface area is 135 Å². The van der Waals surface area contributed by atoms with E-state index in [0.29, 0.717) is 0 Å². The molecule has 2 rings (SSSR count). The molecule has 1 amide bonds. The maximum atomic E-state index is 12.0. The van der Waals surface area contributed by atoms with Crippen molar-refractivity contribution >= 4 is 18.2 Å². The predicted octanol–water partition coefficient (Wildman–Crippen LogP) is 3.36. The van der Waals surface area contributed by atoms with Crippen LogP contribution in [0.2, 0.25) is 0 Å². The minimum Gasteiger partial charge on any atom is -0.267 e. The van der Waals surface area contributed by atoms with Crippen LogP contribution in [-0.2, 0) is 4.79 Å². The average molecular weight is 303 g/mol. The van der Waals surface area contributed by atoms with Gasteiger partial charge >= 0.3 is 0 Å². The van der Waals surface area contributed by atoms with Crippen LogP contribution >= 0.6 is 0 Å². The highest BCUT2D eigenvalue weighted by atomic mass is 16.2. The molecule has 0 spiro atoms. The number of amides is 1. The van der Waals surface area contributed by atoms with Crippen LogP contribution < -0.4 is 5.43 Å². The summed E-state index contributed by atoms with van der Waals surface area (Å²) in [5.41, 5.74) is 6.32. The van der Waals surface area contributed by atoms with Gasteiger partial charge in [-0.15, -0.1) is 0 Å². The highest BCUT2D eigenvalue weighted by molar-refractivity contribution is 6.01. The highest BCUT2D eigenvalue weighted by Gasteiger charge is 2.07. The molecule has 4 nitrogen and oxygen atoms in total. The SMILES string of the molecule is Cc1ccc(/C=N\NC(=O)/C(C#N)=C\c2ccc(C)cc2)cc1. The summed E-state index contributed by atoms with van der Waals surface area (Å²) in [7, 11) is 0. The molecule has 0 saturated carbocycles. The lowest BCUT2D eigenvalue weighted by Gasteiger charge is -1.99. The summed E-state index contributed by atoms with van der Waals surface area (Å²) in [4.78, 5) is 12.0. The molecule has 23 heavy (non-hydrogen) atoms. The van der Waals surface area contributed by atoms with E-state index in [1.807, 2.05) is 68.4 Å². The third-order valence-corrected chi connectivity index (χ3v) is 3.21. The number of carbonyl (C=O) groups excluding carboxylic acids is 1. The largest absolute Gasteiger partial charge is 0.282 e. The molecule has 0 aromatic heterocycles. The molecule has 0 bridgehead atoms. The third-order valence-electron chi connectivity index (χ3n) is 3.21. The normalized spacial score (nSPS) is 11.3. The number of hydrogen-bond acceptors (Lipinski definition) is 3. The Morgan fingerprint density at radius 3 is 2.04 bits per heavy atom. The summed E-state index contributed by atoms with van der Waals surface area (Å²) >= 11 is 0. The number of benzene rings is 2. The number of nitrogens with one attached hydrogen (secondary N) is 1. The molecule has 1 N–H and O–H groups in total. The van der Waals surface area contributed by atoms with E-state index in [-0.39, 0.29) is 5.57 Å². The van der Waals surface area contributed by atoms with Crippen LogP contribution in [-0.4, -0.2) is 12.1 Å². The van der Waals surface area contributed by atoms with E-state index in [9.17, 15) is 4.79 Å². The topological polar surface area (TPSA) is 65.2 Å². The molecule has 114 valence electrons. The molecule has 0 atom stereocenters. The van der Waals surface area contributed by atoms with Crippen molar-refractivity contribution < 1.29 is 4.79 Å². The van der Waals surface area contributed by atoms with Crippen molar-refractivity contribution in [1.82, 2.24) is 5.43 Å². The molecule has 0 aliphatic rings. The van der Waals surface area contributed by atoms with Crippen molar-refractivity contribution in [2.75, 3.05) is 0 Å². The minimum absolute atomic E-state index is 0.00918. The van der Waals surface area contributed by atoms with E-state index >= 15 is 0 Å². The quantitative estimate of drug-likeness (QED) is 0.407. The molecule has 2 aromatic carbocycles. The number of carbonyl (C=O) groups is 1. The molecule has 4 heteroatoms. The molecule has 0 heterocycles. The van der Waals surface area contributed by atoms with Gasteiger partial charge in [-0.3, -0.25) is 4.79 Å². The lowest BCUT2D eigenvalue weighted by atomic mass is 10.1. The van der Waals surface area contributed by atoms with Crippen LogP contribution in [0.15, 0.2) is 59.2 Å². The zero-order chi connectivity index (χ0) is 16.7. The Morgan fingerprint density at radius 1 is 1.00 bits per heavy atom. The van der Waals surface area contributed by atoms with Crippen LogP contribution in [0.1, 0.15) is 22.3 Å². The van der Waals surface area contributed by atoms with Gasteiger partial charge in [0.1, 0.15) is 11.6 Å². The van der Waals surface area contributed by atoms with Gasteiger partial charge < -0.3 is 0 Å². The molecule has 0 aliphatic carbocycles. The summed E-state index contributed by atoms with van der Waals surface area (Å²) in [5, 5.41) is 13.0. The molecule has 0 radical (unpaired) electrons. The smallest absolute Gasteiger partial charge is 0.267 e. The van der Waals surface area contributed by atoms with Gasteiger partial charge in [0.25, 0.3) is 5.91 Å². The summed E-state index contributed by atoms with van der Waals surface area (Å²) in [6.07, 6.45) is 3.08. The number of hydrogen-bond donors (Lipinski definition) is 1. The summed E-state index contributed by atoms with van der Waals surface area (Å²) < 4.78 is 0. The van der Waals surface area contributed by atoms with Gasteiger partial charge in [-0.1, -0.05) is 59.7 Å². The second-order valence-corrected chi connectivity index (χ2v) is 5.19. The second-order valence-electron chi connectivity index (χ2n) is 5.19. The number of rotatable bonds is 4. The molecule has 0 aliphatic heterocycles. The molecule has 0 fully saturated rings. The van der Waals surface area contributed by atoms with E-state index in [2.05, 4.69) is 10.5 Å². The Kier molecular flexibility index (Phi) is 5.43. The second kappa shape index (κ2) is 7.71. The molecule has 0 saturated heterocycles. The van der Waals surface area contributed by atoms with Gasteiger partial charge in [0, 0.05) is 0 Å². The number of hydrazone groups is 1. The Balaban J connectivity index is 2.04. The molecule has 0 unspecified atom stereocenters. The third kappa shape index (κ3) is 4.94. The van der Waals surface area contributed by atoms with Crippen molar-refractivity contribution in [3.63, 3.8) is 0 Å². The van der Waals surface area contributed by atoms with Crippen molar-refractivity contribution in [1.29, 1.82) is 5.26 Å². The number of aryl methyl sites for hydroxylation is 2. The van der Waals surface area contributed by atoms with Crippen molar-refractivity contribution in [2.45, 2.75) is 13.8 Å². The number of nitrogens with zero attached hydrogens (tertiary/aromatic N) is 2. The molecular weight excluding hydrogens is 286 g/mol. The van der Waals surface area contributed by atoms with Crippen molar-refractivity contribution in [3.05, 3.63) is 76.4 Å². The Hall–Kier alpha value is -3.19. The first-order valence-corrected chi connectivity index (χ1v) is 7.17. The molecule has 2 aromatic rings. The number of nitriles is 1. The maximum Gasteiger partial charge on any atom is 0.282 e. The first-order chi connectivity index (χ1) is 11.1. The molecular formula is C19H17N3O. The van der Waals surface area contributed by atoms with Crippen LogP contribution in [0.5, 0.6) is 0 Å². The first kappa shape index (κ1) is 16.2. The van der Waals surface area contributed by atoms with Crippen LogP contribution in [0.3, 0.4) is 0 Å². The summed E-state index contributed by atoms with van der Waals surface area (Å²) in [5.74, 6) is -0.531. The van der Waals surface area contributed by atoms with E-state index in [1.165, 1.54) is 12.3 Å². The van der Waals surface area contributed by atoms with Gasteiger partial charge in [0.2, 0.25) is 0 Å². The fourth-order valence-corrected chi connectivity index (χ4v) is 1.86. The van der Waals surface area contributed by atoms with Gasteiger partial charge in [-0.05, 0) is 31.1 Å². The fourth-order valence-electron chi connectivity index (χ4n) is 1.86. The Bertz CT molecular complexity index is 779. The van der Waals surface area contributed by atoms with Crippen LogP contribution in [0.25, 0.3) is 6.08 Å². The van der Waals surface area contributed by atoms with Crippen LogP contribution in [0, 0.1) is 25.2 Å². The first-order valence-electron chi connectivity index (χ1n) is 7.17. The standard InChI is InChI=1S/C19H17N3O/c1-14-3-7-16(8-4-14)11-18(12-20)19(23)22-21-13-17-9-5-15(2)6-10-17/h3-11,13H,1-2H3,(H,22,23)/b18-11-,21-13-. The van der Waals surface area contributed by atoms with Gasteiger partial charge in [-0.2, -0.15) is 10.4 Å². The highest BCUT2D eigenvalue weighted by Crippen LogP contribution is 2.08. The zero-order valence-corrected chi connectivity index (χ0v) is 13.1. The summed E-state index contributed by atoms with van der Waals surface area (Å²) in [6.45, 7) is 3.98. The lowest BCUT2D eigenvalue weighted by Crippen LogP contribution is -2.19. The van der Waals surface area contributed by atoms with E-state index in [0.717, 1.165) is 22.3 Å². The van der Waals surface area contributed by atoms with Crippen molar-refractivity contribution in [2.24, 2.45) is 5.10 Å². The van der Waals surface area contributed by atoms with Crippen molar-refractivity contribution in [3.8, 4) is 6.07 Å². The van der Waals surface area contributed by atoms with Gasteiger partial charge in [0.15, 0.2) is 0 Å². The monoisotopic (exact) mass is 303 g/mol. The van der Waals surface area contributed by atoms with E-state index in [4.69, 9.17) is 5.26 Å². The summed E-state index contributed by atoms with van der Waals surface area (Å²) in [6, 6.07) is 17.2. The Morgan fingerprint density at radius 2 is 1.52 bits per heavy atom. The fraction of sp³-hybridized carbons (Fsp3) is 0.105. The van der Waals surface area contributed by atoms with Crippen LogP contribution in [0.4, 0.5) is 0 Å². The maximum absolute atomic E-state index is 12.0. The average Bonchev–Trinajstić information content (AvgIpc) is 2.56.